The van der Waals surface area contributed by atoms with E-state index in [9.17, 15) is 9.90 Å². The maximum atomic E-state index is 10.9. The van der Waals surface area contributed by atoms with Gasteiger partial charge in [0.05, 0.1) is 17.5 Å². The zero-order valence-corrected chi connectivity index (χ0v) is 10.4. The Kier molecular flexibility index (Phi) is 4.25. The van der Waals surface area contributed by atoms with E-state index in [0.717, 1.165) is 0 Å². The predicted octanol–water partition coefficient (Wildman–Crippen LogP) is 0.369. The van der Waals surface area contributed by atoms with Gasteiger partial charge in [0.15, 0.2) is 0 Å². The third-order valence-corrected chi connectivity index (χ3v) is 2.85. The lowest BCUT2D eigenvalue weighted by atomic mass is 10.0. The van der Waals surface area contributed by atoms with E-state index in [1.54, 1.807) is 14.0 Å². The van der Waals surface area contributed by atoms with Crippen LogP contribution in [0.1, 0.15) is 36.3 Å². The number of aromatic nitrogens is 2. The zero-order valence-electron chi connectivity index (χ0n) is 10.4. The van der Waals surface area contributed by atoms with Gasteiger partial charge in [-0.3, -0.25) is 4.68 Å². The second kappa shape index (κ2) is 5.29. The van der Waals surface area contributed by atoms with E-state index in [4.69, 9.17) is 5.11 Å². The van der Waals surface area contributed by atoms with Crippen LogP contribution in [-0.2, 0) is 13.6 Å². The number of aromatic carboxylic acids is 1. The smallest absolute Gasteiger partial charge is 0.339 e. The first-order chi connectivity index (χ1) is 7.87. The number of aryl methyl sites for hydroxylation is 1. The Morgan fingerprint density at radius 3 is 2.82 bits per heavy atom. The summed E-state index contributed by atoms with van der Waals surface area (Å²) in [6.45, 7) is 4.41. The molecular formula is C11H19N3O3. The molecule has 3 N–H and O–H groups in total. The number of carbonyl (C=O) groups is 1. The average molecular weight is 241 g/mol. The molecule has 0 fully saturated rings. The van der Waals surface area contributed by atoms with Gasteiger partial charge in [-0.2, -0.15) is 5.10 Å². The molecule has 1 rings (SSSR count). The molecule has 6 nitrogen and oxygen atoms in total. The van der Waals surface area contributed by atoms with Gasteiger partial charge >= 0.3 is 5.97 Å². The Balaban J connectivity index is 2.63. The summed E-state index contributed by atoms with van der Waals surface area (Å²) in [6.07, 6.45) is 1.97. The molecule has 0 bridgehead atoms. The molecule has 1 aromatic rings. The molecule has 17 heavy (non-hydrogen) atoms. The highest BCUT2D eigenvalue weighted by molar-refractivity contribution is 5.88. The van der Waals surface area contributed by atoms with Crippen LogP contribution in [-0.4, -0.2) is 38.1 Å². The van der Waals surface area contributed by atoms with Crippen molar-refractivity contribution in [2.45, 2.75) is 32.4 Å². The number of nitrogens with zero attached hydrogens (tertiary/aromatic N) is 2. The van der Waals surface area contributed by atoms with Crippen LogP contribution in [0.2, 0.25) is 0 Å². The Labute approximate surface area is 100 Å². The molecule has 1 unspecified atom stereocenters. The highest BCUT2D eigenvalue weighted by atomic mass is 16.4. The molecule has 1 atom stereocenters. The highest BCUT2D eigenvalue weighted by Gasteiger charge is 2.19. The molecule has 96 valence electrons. The topological polar surface area (TPSA) is 87.4 Å². The first-order valence-electron chi connectivity index (χ1n) is 5.54. The van der Waals surface area contributed by atoms with Gasteiger partial charge in [-0.15, -0.1) is 0 Å². The minimum absolute atomic E-state index is 0.191. The fraction of sp³-hybridized carbons (Fsp3) is 0.636. The first-order valence-corrected chi connectivity index (χ1v) is 5.54. The number of hydrogen-bond donors (Lipinski definition) is 3. The highest BCUT2D eigenvalue weighted by Crippen LogP contribution is 2.09. The molecule has 0 radical (unpaired) electrons. The van der Waals surface area contributed by atoms with Crippen LogP contribution >= 0.6 is 0 Å². The molecule has 0 amide bonds. The average Bonchev–Trinajstić information content (AvgIpc) is 2.60. The molecule has 1 aromatic heterocycles. The van der Waals surface area contributed by atoms with Gasteiger partial charge < -0.3 is 15.5 Å². The largest absolute Gasteiger partial charge is 0.478 e. The van der Waals surface area contributed by atoms with Crippen molar-refractivity contribution < 1.29 is 15.0 Å². The number of carboxylic acid groups (broad SMARTS) is 1. The molecule has 0 aliphatic heterocycles. The third kappa shape index (κ3) is 3.54. The summed E-state index contributed by atoms with van der Waals surface area (Å²) < 4.78 is 1.52. The van der Waals surface area contributed by atoms with Crippen molar-refractivity contribution in [2.24, 2.45) is 7.05 Å². The molecule has 0 aliphatic carbocycles. The molecule has 1 heterocycles. The van der Waals surface area contributed by atoms with Crippen LogP contribution < -0.4 is 5.32 Å². The van der Waals surface area contributed by atoms with Gasteiger partial charge in [-0.05, 0) is 13.3 Å². The molecule has 0 spiro atoms. The molecule has 0 aromatic carbocycles. The van der Waals surface area contributed by atoms with E-state index in [2.05, 4.69) is 10.4 Å². The van der Waals surface area contributed by atoms with Crippen LogP contribution in [0, 0.1) is 0 Å². The van der Waals surface area contributed by atoms with Gasteiger partial charge in [0.1, 0.15) is 5.56 Å². The van der Waals surface area contributed by atoms with Crippen LogP contribution in [0.4, 0.5) is 0 Å². The Hall–Kier alpha value is -1.40. The van der Waals surface area contributed by atoms with E-state index in [1.165, 1.54) is 10.9 Å². The summed E-state index contributed by atoms with van der Waals surface area (Å²) in [6, 6.07) is 0. The first kappa shape index (κ1) is 13.7. The van der Waals surface area contributed by atoms with E-state index in [1.807, 2.05) is 6.92 Å². The summed E-state index contributed by atoms with van der Waals surface area (Å²) in [7, 11) is 1.70. The second-order valence-electron chi connectivity index (χ2n) is 4.39. The number of carboxylic acids is 1. The molecule has 6 heteroatoms. The van der Waals surface area contributed by atoms with Crippen molar-refractivity contribution in [3.63, 3.8) is 0 Å². The minimum atomic E-state index is -0.989. The summed E-state index contributed by atoms with van der Waals surface area (Å²) in [5.74, 6) is -0.989. The SMILES string of the molecule is CCC(C)(O)CNCc1c(C(=O)O)cnn1C. The predicted molar refractivity (Wildman–Crippen MR) is 62.8 cm³/mol. The fourth-order valence-corrected chi connectivity index (χ4v) is 1.43. The minimum Gasteiger partial charge on any atom is -0.478 e. The summed E-state index contributed by atoms with van der Waals surface area (Å²) >= 11 is 0. The van der Waals surface area contributed by atoms with Crippen LogP contribution in [0.5, 0.6) is 0 Å². The van der Waals surface area contributed by atoms with Gasteiger partial charge in [0.2, 0.25) is 0 Å². The van der Waals surface area contributed by atoms with Gasteiger partial charge in [0, 0.05) is 20.1 Å². The molecule has 0 saturated carbocycles. The van der Waals surface area contributed by atoms with Crippen molar-refractivity contribution in [3.05, 3.63) is 17.5 Å². The Morgan fingerprint density at radius 2 is 2.29 bits per heavy atom. The van der Waals surface area contributed by atoms with E-state index in [0.29, 0.717) is 25.2 Å². The summed E-state index contributed by atoms with van der Waals surface area (Å²) in [5.41, 5.74) is 0.0164. The molecule has 0 aliphatic rings. The van der Waals surface area contributed by atoms with Crippen molar-refractivity contribution in [3.8, 4) is 0 Å². The molecular weight excluding hydrogens is 222 g/mol. The third-order valence-electron chi connectivity index (χ3n) is 2.85. The zero-order chi connectivity index (χ0) is 13.1. The standard InChI is InChI=1S/C11H19N3O3/c1-4-11(2,17)7-12-6-9-8(10(15)16)5-13-14(9)3/h5,12,17H,4,6-7H2,1-3H3,(H,15,16). The van der Waals surface area contributed by atoms with E-state index >= 15 is 0 Å². The fourth-order valence-electron chi connectivity index (χ4n) is 1.43. The van der Waals surface area contributed by atoms with Crippen LogP contribution in [0.25, 0.3) is 0 Å². The summed E-state index contributed by atoms with van der Waals surface area (Å²) in [4.78, 5) is 10.9. The summed E-state index contributed by atoms with van der Waals surface area (Å²) in [5, 5.41) is 25.7. The van der Waals surface area contributed by atoms with Gasteiger partial charge in [-0.25, -0.2) is 4.79 Å². The lowest BCUT2D eigenvalue weighted by Crippen LogP contribution is -2.37. The lowest BCUT2D eigenvalue weighted by molar-refractivity contribution is 0.0554. The van der Waals surface area contributed by atoms with Crippen molar-refractivity contribution >= 4 is 5.97 Å². The number of hydrogen-bond acceptors (Lipinski definition) is 4. The number of aliphatic hydroxyl groups is 1. The normalized spacial score (nSPS) is 14.6. The maximum absolute atomic E-state index is 10.9. The van der Waals surface area contributed by atoms with Crippen molar-refractivity contribution in [1.29, 1.82) is 0 Å². The van der Waals surface area contributed by atoms with Gasteiger partial charge in [0.25, 0.3) is 0 Å². The quantitative estimate of drug-likeness (QED) is 0.669. The maximum Gasteiger partial charge on any atom is 0.339 e. The lowest BCUT2D eigenvalue weighted by Gasteiger charge is -2.21. The van der Waals surface area contributed by atoms with E-state index in [-0.39, 0.29) is 5.56 Å². The number of nitrogens with one attached hydrogen (secondary N) is 1. The van der Waals surface area contributed by atoms with Crippen molar-refractivity contribution in [1.82, 2.24) is 15.1 Å². The Bertz CT molecular complexity index is 399. The monoisotopic (exact) mass is 241 g/mol. The van der Waals surface area contributed by atoms with Gasteiger partial charge in [-0.1, -0.05) is 6.92 Å². The number of rotatable bonds is 6. The van der Waals surface area contributed by atoms with Crippen LogP contribution in [0.3, 0.4) is 0 Å². The molecule has 0 saturated heterocycles. The van der Waals surface area contributed by atoms with Crippen LogP contribution in [0.15, 0.2) is 6.20 Å². The van der Waals surface area contributed by atoms with Crippen molar-refractivity contribution in [2.75, 3.05) is 6.54 Å². The Morgan fingerprint density at radius 1 is 1.65 bits per heavy atom. The van der Waals surface area contributed by atoms with E-state index < -0.39 is 11.6 Å². The second-order valence-corrected chi connectivity index (χ2v) is 4.39.